The predicted molar refractivity (Wildman–Crippen MR) is 60.8 cm³/mol. The Bertz CT molecular complexity index is 322. The van der Waals surface area contributed by atoms with E-state index in [9.17, 15) is 0 Å². The maximum Gasteiger partial charge on any atom is 0.163 e. The van der Waals surface area contributed by atoms with Gasteiger partial charge in [-0.15, -0.1) is 0 Å². The molecule has 0 radical (unpaired) electrons. The molecule has 0 unspecified atom stereocenters. The van der Waals surface area contributed by atoms with Gasteiger partial charge in [0.25, 0.3) is 0 Å². The molecule has 0 fully saturated rings. The molecule has 78 valence electrons. The first-order valence-corrected chi connectivity index (χ1v) is 4.46. The summed E-state index contributed by atoms with van der Waals surface area (Å²) in [7, 11) is 0. The van der Waals surface area contributed by atoms with Crippen LogP contribution in [-0.4, -0.2) is 19.3 Å². The molecule has 2 rings (SSSR count). The topological polar surface area (TPSA) is 44.5 Å². The van der Waals surface area contributed by atoms with Crippen molar-refractivity contribution in [2.75, 3.05) is 13.2 Å². The molecule has 1 aliphatic heterocycles. The molecule has 0 aliphatic carbocycles. The monoisotopic (exact) mass is 233 g/mol. The third kappa shape index (κ3) is 2.26. The van der Waals surface area contributed by atoms with Crippen molar-refractivity contribution in [3.8, 4) is 11.5 Å². The Morgan fingerprint density at radius 1 is 1.43 bits per heavy atom. The number of halogens is 1. The standard InChI is InChI=1S/C9H10ClNO2.H2S/c10-6-1-2-8-9(3-6)13-7(4-11)5-12-8;/h1-3,7H,4-5,11H2;1H2/t7-;/m0./s1. The van der Waals surface area contributed by atoms with Crippen LogP contribution in [0.5, 0.6) is 11.5 Å². The molecule has 3 nitrogen and oxygen atoms in total. The summed E-state index contributed by atoms with van der Waals surface area (Å²) in [6.45, 7) is 0.955. The number of fused-ring (bicyclic) bond motifs is 1. The van der Waals surface area contributed by atoms with Gasteiger partial charge in [0.15, 0.2) is 11.5 Å². The lowest BCUT2D eigenvalue weighted by atomic mass is 10.2. The highest BCUT2D eigenvalue weighted by Gasteiger charge is 2.19. The highest BCUT2D eigenvalue weighted by molar-refractivity contribution is 7.59. The molecular formula is C9H12ClNO2S. The van der Waals surface area contributed by atoms with Crippen LogP contribution in [0.1, 0.15) is 0 Å². The van der Waals surface area contributed by atoms with E-state index in [1.165, 1.54) is 0 Å². The summed E-state index contributed by atoms with van der Waals surface area (Å²) in [4.78, 5) is 0. The van der Waals surface area contributed by atoms with E-state index in [0.29, 0.717) is 23.9 Å². The van der Waals surface area contributed by atoms with Crippen molar-refractivity contribution in [3.05, 3.63) is 23.2 Å². The van der Waals surface area contributed by atoms with Crippen molar-refractivity contribution in [1.82, 2.24) is 0 Å². The number of ether oxygens (including phenoxy) is 2. The molecule has 0 spiro atoms. The van der Waals surface area contributed by atoms with Crippen molar-refractivity contribution in [2.45, 2.75) is 6.10 Å². The Hall–Kier alpha value is -0.580. The van der Waals surface area contributed by atoms with E-state index < -0.39 is 0 Å². The third-order valence-corrected chi connectivity index (χ3v) is 2.12. The van der Waals surface area contributed by atoms with Gasteiger partial charge in [-0.3, -0.25) is 0 Å². The Morgan fingerprint density at radius 2 is 2.21 bits per heavy atom. The third-order valence-electron chi connectivity index (χ3n) is 1.89. The van der Waals surface area contributed by atoms with E-state index in [1.807, 2.05) is 0 Å². The summed E-state index contributed by atoms with van der Waals surface area (Å²) in [5, 5.41) is 0.639. The van der Waals surface area contributed by atoms with E-state index in [4.69, 9.17) is 26.8 Å². The van der Waals surface area contributed by atoms with Gasteiger partial charge in [0.05, 0.1) is 0 Å². The van der Waals surface area contributed by atoms with E-state index in [2.05, 4.69) is 0 Å². The fourth-order valence-electron chi connectivity index (χ4n) is 1.21. The zero-order valence-corrected chi connectivity index (χ0v) is 9.25. The molecule has 1 atom stereocenters. The molecule has 1 aliphatic rings. The fraction of sp³-hybridized carbons (Fsp3) is 0.333. The van der Waals surface area contributed by atoms with E-state index in [-0.39, 0.29) is 19.6 Å². The van der Waals surface area contributed by atoms with Crippen LogP contribution in [0.25, 0.3) is 0 Å². The van der Waals surface area contributed by atoms with E-state index in [1.54, 1.807) is 18.2 Å². The second-order valence-electron chi connectivity index (χ2n) is 2.88. The zero-order chi connectivity index (χ0) is 9.26. The average molecular weight is 234 g/mol. The van der Waals surface area contributed by atoms with Crippen LogP contribution in [-0.2, 0) is 0 Å². The van der Waals surface area contributed by atoms with Gasteiger partial charge in [-0.05, 0) is 12.1 Å². The summed E-state index contributed by atoms with van der Waals surface area (Å²) in [5.41, 5.74) is 5.46. The second kappa shape index (κ2) is 4.77. The van der Waals surface area contributed by atoms with Crippen LogP contribution in [0.4, 0.5) is 0 Å². The number of hydrogen-bond acceptors (Lipinski definition) is 3. The Kier molecular flexibility index (Phi) is 3.92. The molecule has 0 saturated carbocycles. The Morgan fingerprint density at radius 3 is 2.93 bits per heavy atom. The number of rotatable bonds is 1. The van der Waals surface area contributed by atoms with Crippen molar-refractivity contribution in [2.24, 2.45) is 5.73 Å². The Balaban J connectivity index is 0.000000980. The van der Waals surface area contributed by atoms with Crippen molar-refractivity contribution < 1.29 is 9.47 Å². The minimum absolute atomic E-state index is 0. The van der Waals surface area contributed by atoms with Crippen LogP contribution in [0.15, 0.2) is 18.2 Å². The van der Waals surface area contributed by atoms with Crippen LogP contribution in [0.3, 0.4) is 0 Å². The lowest BCUT2D eigenvalue weighted by Gasteiger charge is -2.25. The first kappa shape index (κ1) is 11.5. The number of hydrogen-bond donors (Lipinski definition) is 1. The molecule has 14 heavy (non-hydrogen) atoms. The lowest BCUT2D eigenvalue weighted by molar-refractivity contribution is 0.0969. The summed E-state index contributed by atoms with van der Waals surface area (Å²) >= 11 is 5.80. The van der Waals surface area contributed by atoms with Crippen molar-refractivity contribution in [1.29, 1.82) is 0 Å². The zero-order valence-electron chi connectivity index (χ0n) is 7.50. The maximum atomic E-state index is 5.80. The van der Waals surface area contributed by atoms with Crippen LogP contribution in [0, 0.1) is 0 Å². The largest absolute Gasteiger partial charge is 0.486 e. The molecule has 1 heterocycles. The van der Waals surface area contributed by atoms with Gasteiger partial charge in [-0.1, -0.05) is 11.6 Å². The van der Waals surface area contributed by atoms with Gasteiger partial charge in [0.1, 0.15) is 12.7 Å². The van der Waals surface area contributed by atoms with Crippen molar-refractivity contribution >= 4 is 25.1 Å². The molecular weight excluding hydrogens is 222 g/mol. The molecule has 2 N–H and O–H groups in total. The maximum absolute atomic E-state index is 5.80. The van der Waals surface area contributed by atoms with Gasteiger partial charge >= 0.3 is 0 Å². The average Bonchev–Trinajstić information content (AvgIpc) is 2.16. The van der Waals surface area contributed by atoms with E-state index >= 15 is 0 Å². The van der Waals surface area contributed by atoms with Crippen LogP contribution < -0.4 is 15.2 Å². The van der Waals surface area contributed by atoms with Gasteiger partial charge in [0, 0.05) is 17.6 Å². The number of benzene rings is 1. The molecule has 0 amide bonds. The highest BCUT2D eigenvalue weighted by Crippen LogP contribution is 2.33. The van der Waals surface area contributed by atoms with Crippen molar-refractivity contribution in [3.63, 3.8) is 0 Å². The van der Waals surface area contributed by atoms with Gasteiger partial charge in [-0.2, -0.15) is 13.5 Å². The SMILES string of the molecule is NC[C@H]1COc2ccc(Cl)cc2O1.S. The molecule has 5 heteroatoms. The first-order chi connectivity index (χ1) is 6.29. The minimum Gasteiger partial charge on any atom is -0.486 e. The second-order valence-corrected chi connectivity index (χ2v) is 3.31. The fourth-order valence-corrected chi connectivity index (χ4v) is 1.37. The van der Waals surface area contributed by atoms with Gasteiger partial charge < -0.3 is 15.2 Å². The predicted octanol–water partition coefficient (Wildman–Crippen LogP) is 1.55. The summed E-state index contributed by atoms with van der Waals surface area (Å²) in [6.07, 6.45) is -0.0639. The van der Waals surface area contributed by atoms with Crippen LogP contribution >= 0.6 is 25.1 Å². The minimum atomic E-state index is -0.0639. The first-order valence-electron chi connectivity index (χ1n) is 4.08. The van der Waals surface area contributed by atoms with Crippen LogP contribution in [0.2, 0.25) is 5.02 Å². The molecule has 1 aromatic rings. The van der Waals surface area contributed by atoms with Gasteiger partial charge in [0.2, 0.25) is 0 Å². The quantitative estimate of drug-likeness (QED) is 0.801. The molecule has 0 bridgehead atoms. The lowest BCUT2D eigenvalue weighted by Crippen LogP contribution is -2.35. The Labute approximate surface area is 94.6 Å². The molecule has 0 saturated heterocycles. The summed E-state index contributed by atoms with van der Waals surface area (Å²) < 4.78 is 10.9. The highest BCUT2D eigenvalue weighted by atomic mass is 35.5. The molecule has 1 aromatic carbocycles. The van der Waals surface area contributed by atoms with Gasteiger partial charge in [-0.25, -0.2) is 0 Å². The van der Waals surface area contributed by atoms with E-state index in [0.717, 1.165) is 5.75 Å². The summed E-state index contributed by atoms with van der Waals surface area (Å²) in [6, 6.07) is 5.30. The normalized spacial score (nSPS) is 18.6. The smallest absolute Gasteiger partial charge is 0.163 e. The molecule has 0 aromatic heterocycles. The number of nitrogens with two attached hydrogens (primary N) is 1. The summed E-state index contributed by atoms with van der Waals surface area (Å²) in [5.74, 6) is 1.41.